The summed E-state index contributed by atoms with van der Waals surface area (Å²) in [7, 11) is 0. The van der Waals surface area contributed by atoms with Crippen LogP contribution in [0.4, 0.5) is 0 Å². The molecule has 26 heavy (non-hydrogen) atoms. The van der Waals surface area contributed by atoms with Crippen LogP contribution in [0.25, 0.3) is 0 Å². The molecule has 0 bridgehead atoms. The summed E-state index contributed by atoms with van der Waals surface area (Å²) in [6.45, 7) is 5.46. The minimum absolute atomic E-state index is 0.118. The van der Waals surface area contributed by atoms with Crippen LogP contribution in [0.5, 0.6) is 5.75 Å². The molecule has 0 fully saturated rings. The highest BCUT2D eigenvalue weighted by Crippen LogP contribution is 2.14. The summed E-state index contributed by atoms with van der Waals surface area (Å²) < 4.78 is 7.35. The number of carbonyl (C=O) groups excluding carboxylic acids is 1. The van der Waals surface area contributed by atoms with Gasteiger partial charge in [-0.2, -0.15) is 0 Å². The van der Waals surface area contributed by atoms with E-state index in [1.807, 2.05) is 38.1 Å². The third-order valence-electron chi connectivity index (χ3n) is 3.96. The lowest BCUT2D eigenvalue weighted by Crippen LogP contribution is -2.22. The Kier molecular flexibility index (Phi) is 5.58. The van der Waals surface area contributed by atoms with Gasteiger partial charge in [0.2, 0.25) is 0 Å². The van der Waals surface area contributed by atoms with E-state index < -0.39 is 0 Å². The number of tetrazole rings is 1. The Labute approximate surface area is 152 Å². The van der Waals surface area contributed by atoms with Crippen LogP contribution in [0.15, 0.2) is 48.5 Å². The number of aromatic nitrogens is 4. The van der Waals surface area contributed by atoms with Crippen LogP contribution < -0.4 is 10.1 Å². The number of carbonyl (C=O) groups is 1. The minimum Gasteiger partial charge on any atom is -0.486 e. The third-order valence-corrected chi connectivity index (χ3v) is 3.96. The van der Waals surface area contributed by atoms with E-state index in [9.17, 15) is 4.79 Å². The highest BCUT2D eigenvalue weighted by Gasteiger charge is 2.08. The van der Waals surface area contributed by atoms with Gasteiger partial charge >= 0.3 is 0 Å². The Balaban J connectivity index is 1.53. The van der Waals surface area contributed by atoms with Crippen molar-refractivity contribution in [2.24, 2.45) is 0 Å². The van der Waals surface area contributed by atoms with Gasteiger partial charge in [0.15, 0.2) is 5.82 Å². The Morgan fingerprint density at radius 1 is 1.12 bits per heavy atom. The molecule has 7 nitrogen and oxygen atoms in total. The molecule has 7 heteroatoms. The van der Waals surface area contributed by atoms with Crippen molar-refractivity contribution in [2.75, 3.05) is 0 Å². The molecule has 2 aromatic carbocycles. The molecule has 0 radical (unpaired) electrons. The zero-order chi connectivity index (χ0) is 18.4. The monoisotopic (exact) mass is 351 g/mol. The first kappa shape index (κ1) is 17.6. The molecule has 134 valence electrons. The van der Waals surface area contributed by atoms with Crippen LogP contribution in [-0.4, -0.2) is 26.1 Å². The predicted octanol–water partition coefficient (Wildman–Crippen LogP) is 2.51. The molecule has 1 amide bonds. The van der Waals surface area contributed by atoms with Crippen molar-refractivity contribution in [3.05, 3.63) is 71.0 Å². The van der Waals surface area contributed by atoms with E-state index in [2.05, 4.69) is 20.8 Å². The lowest BCUT2D eigenvalue weighted by Gasteiger charge is -2.08. The standard InChI is InChI=1S/C19H21N5O2/c1-3-24-18(21-22-23-24)13-26-17-10-8-16(9-11-17)19(25)20-12-15-6-4-14(2)5-7-15/h4-11H,3,12-13H2,1-2H3,(H,20,25). The van der Waals surface area contributed by atoms with Gasteiger partial charge in [-0.15, -0.1) is 5.10 Å². The van der Waals surface area contributed by atoms with Gasteiger partial charge in [-0.3, -0.25) is 4.79 Å². The van der Waals surface area contributed by atoms with Gasteiger partial charge in [0, 0.05) is 18.7 Å². The summed E-state index contributed by atoms with van der Waals surface area (Å²) in [6.07, 6.45) is 0. The second-order valence-electron chi connectivity index (χ2n) is 5.89. The molecule has 0 aliphatic carbocycles. The average molecular weight is 351 g/mol. The number of benzene rings is 2. The van der Waals surface area contributed by atoms with Crippen molar-refractivity contribution in [3.8, 4) is 5.75 Å². The first-order valence-electron chi connectivity index (χ1n) is 8.47. The normalized spacial score (nSPS) is 10.5. The molecule has 1 aromatic heterocycles. The molecule has 0 aliphatic rings. The van der Waals surface area contributed by atoms with Crippen molar-refractivity contribution < 1.29 is 9.53 Å². The maximum atomic E-state index is 12.2. The molecule has 0 saturated heterocycles. The highest BCUT2D eigenvalue weighted by atomic mass is 16.5. The van der Waals surface area contributed by atoms with Crippen LogP contribution in [0.2, 0.25) is 0 Å². The molecule has 0 saturated carbocycles. The van der Waals surface area contributed by atoms with E-state index in [-0.39, 0.29) is 12.5 Å². The second kappa shape index (κ2) is 8.24. The van der Waals surface area contributed by atoms with E-state index in [4.69, 9.17) is 4.74 Å². The lowest BCUT2D eigenvalue weighted by molar-refractivity contribution is 0.0951. The molecule has 0 aliphatic heterocycles. The summed E-state index contributed by atoms with van der Waals surface area (Å²) in [4.78, 5) is 12.2. The maximum absolute atomic E-state index is 12.2. The van der Waals surface area contributed by atoms with Gasteiger partial charge in [-0.05, 0) is 54.1 Å². The summed E-state index contributed by atoms with van der Waals surface area (Å²) >= 11 is 0. The van der Waals surface area contributed by atoms with Crippen LogP contribution in [0.1, 0.15) is 34.2 Å². The topological polar surface area (TPSA) is 81.9 Å². The van der Waals surface area contributed by atoms with E-state index in [1.54, 1.807) is 28.9 Å². The predicted molar refractivity (Wildman–Crippen MR) is 96.6 cm³/mol. The Hall–Kier alpha value is -3.22. The molecule has 3 rings (SSSR count). The van der Waals surface area contributed by atoms with Crippen molar-refractivity contribution in [1.29, 1.82) is 0 Å². The maximum Gasteiger partial charge on any atom is 0.251 e. The van der Waals surface area contributed by atoms with Crippen molar-refractivity contribution in [2.45, 2.75) is 33.5 Å². The third kappa shape index (κ3) is 4.44. The zero-order valence-corrected chi connectivity index (χ0v) is 14.8. The summed E-state index contributed by atoms with van der Waals surface area (Å²) in [6, 6.07) is 15.1. The van der Waals surface area contributed by atoms with Gasteiger partial charge in [0.25, 0.3) is 5.91 Å². The minimum atomic E-state index is -0.118. The smallest absolute Gasteiger partial charge is 0.251 e. The van der Waals surface area contributed by atoms with Gasteiger partial charge in [-0.25, -0.2) is 4.68 Å². The highest BCUT2D eigenvalue weighted by molar-refractivity contribution is 5.94. The second-order valence-corrected chi connectivity index (χ2v) is 5.89. The molecule has 3 aromatic rings. The van der Waals surface area contributed by atoms with Crippen LogP contribution in [-0.2, 0) is 19.7 Å². The first-order valence-corrected chi connectivity index (χ1v) is 8.47. The summed E-state index contributed by atoms with van der Waals surface area (Å²) in [5.41, 5.74) is 2.85. The fraction of sp³-hybridized carbons (Fsp3) is 0.263. The number of nitrogens with zero attached hydrogens (tertiary/aromatic N) is 4. The Morgan fingerprint density at radius 2 is 1.85 bits per heavy atom. The average Bonchev–Trinajstić information content (AvgIpc) is 3.13. The van der Waals surface area contributed by atoms with E-state index in [0.29, 0.717) is 30.2 Å². The zero-order valence-electron chi connectivity index (χ0n) is 14.8. The molecule has 0 spiro atoms. The van der Waals surface area contributed by atoms with E-state index in [1.165, 1.54) is 5.56 Å². The molecule has 0 atom stereocenters. The van der Waals surface area contributed by atoms with Gasteiger partial charge in [0.1, 0.15) is 12.4 Å². The summed E-state index contributed by atoms with van der Waals surface area (Å²) in [5, 5.41) is 14.3. The number of hydrogen-bond donors (Lipinski definition) is 1. The van der Waals surface area contributed by atoms with Gasteiger partial charge < -0.3 is 10.1 Å². The summed E-state index contributed by atoms with van der Waals surface area (Å²) in [5.74, 6) is 1.20. The fourth-order valence-electron chi connectivity index (χ4n) is 2.41. The molecule has 0 unspecified atom stereocenters. The van der Waals surface area contributed by atoms with Crippen LogP contribution in [0.3, 0.4) is 0 Å². The SMILES string of the molecule is CCn1nnnc1COc1ccc(C(=O)NCc2ccc(C)cc2)cc1. The van der Waals surface area contributed by atoms with Crippen molar-refractivity contribution in [1.82, 2.24) is 25.5 Å². The van der Waals surface area contributed by atoms with Gasteiger partial charge in [0.05, 0.1) is 0 Å². The number of amides is 1. The van der Waals surface area contributed by atoms with Gasteiger partial charge in [-0.1, -0.05) is 29.8 Å². The number of nitrogens with one attached hydrogen (secondary N) is 1. The Morgan fingerprint density at radius 3 is 2.54 bits per heavy atom. The largest absolute Gasteiger partial charge is 0.486 e. The molecule has 1 heterocycles. The fourth-order valence-corrected chi connectivity index (χ4v) is 2.41. The number of hydrogen-bond acceptors (Lipinski definition) is 5. The molecular weight excluding hydrogens is 330 g/mol. The lowest BCUT2D eigenvalue weighted by atomic mass is 10.1. The quantitative estimate of drug-likeness (QED) is 0.707. The van der Waals surface area contributed by atoms with Crippen molar-refractivity contribution >= 4 is 5.91 Å². The van der Waals surface area contributed by atoms with E-state index >= 15 is 0 Å². The molecular formula is C19H21N5O2. The number of ether oxygens (including phenoxy) is 1. The van der Waals surface area contributed by atoms with Crippen LogP contribution in [0, 0.1) is 6.92 Å². The van der Waals surface area contributed by atoms with Crippen LogP contribution >= 0.6 is 0 Å². The number of rotatable bonds is 7. The molecule has 1 N–H and O–H groups in total. The Bertz CT molecular complexity index is 856. The van der Waals surface area contributed by atoms with E-state index in [0.717, 1.165) is 5.56 Å². The van der Waals surface area contributed by atoms with Crippen molar-refractivity contribution in [3.63, 3.8) is 0 Å². The first-order chi connectivity index (χ1) is 12.7. The number of aryl methyl sites for hydroxylation is 2.